The summed E-state index contributed by atoms with van der Waals surface area (Å²) >= 11 is 0. The monoisotopic (exact) mass is 265 g/mol. The minimum absolute atomic E-state index is 0.276. The van der Waals surface area contributed by atoms with E-state index in [4.69, 9.17) is 9.84 Å². The quantitative estimate of drug-likeness (QED) is 0.788. The van der Waals surface area contributed by atoms with Crippen molar-refractivity contribution < 1.29 is 28.2 Å². The Kier molecular flexibility index (Phi) is 3.83. The number of carbonyl (C=O) groups is 2. The molecule has 0 aliphatic carbocycles. The van der Waals surface area contributed by atoms with Gasteiger partial charge in [0.25, 0.3) is 5.92 Å². The number of halogens is 2. The van der Waals surface area contributed by atoms with Crippen molar-refractivity contribution in [2.45, 2.75) is 51.2 Å². The third kappa shape index (κ3) is 3.82. The number of carboxylic acids is 1. The number of amides is 1. The normalized spacial score (nSPS) is 23.6. The van der Waals surface area contributed by atoms with E-state index in [0.29, 0.717) is 4.90 Å². The second-order valence-electron chi connectivity index (χ2n) is 5.36. The zero-order valence-electron chi connectivity index (χ0n) is 10.6. The van der Waals surface area contributed by atoms with Crippen LogP contribution in [0.5, 0.6) is 0 Å². The molecule has 0 spiro atoms. The lowest BCUT2D eigenvalue weighted by Gasteiger charge is -2.37. The molecular formula is C11H17F2NO4. The predicted octanol–water partition coefficient (Wildman–Crippen LogP) is 2.11. The molecule has 1 aliphatic rings. The molecule has 0 bridgehead atoms. The summed E-state index contributed by atoms with van der Waals surface area (Å²) in [5, 5.41) is 8.93. The smallest absolute Gasteiger partial charge is 0.411 e. The van der Waals surface area contributed by atoms with E-state index >= 15 is 0 Å². The van der Waals surface area contributed by atoms with Crippen molar-refractivity contribution >= 4 is 12.1 Å². The molecule has 1 fully saturated rings. The summed E-state index contributed by atoms with van der Waals surface area (Å²) in [5.41, 5.74) is -0.854. The summed E-state index contributed by atoms with van der Waals surface area (Å²) in [6, 6.07) is -1.25. The molecular weight excluding hydrogens is 248 g/mol. The summed E-state index contributed by atoms with van der Waals surface area (Å²) in [5.74, 6) is -4.36. The second kappa shape index (κ2) is 4.70. The van der Waals surface area contributed by atoms with Crippen molar-refractivity contribution in [1.29, 1.82) is 0 Å². The highest BCUT2D eigenvalue weighted by Crippen LogP contribution is 2.31. The van der Waals surface area contributed by atoms with Gasteiger partial charge < -0.3 is 9.84 Å². The number of nitrogens with zero attached hydrogens (tertiary/aromatic N) is 1. The molecule has 1 heterocycles. The van der Waals surface area contributed by atoms with Crippen LogP contribution in [0.25, 0.3) is 0 Å². The molecule has 0 aromatic rings. The van der Waals surface area contributed by atoms with Crippen LogP contribution in [0.3, 0.4) is 0 Å². The van der Waals surface area contributed by atoms with Crippen molar-refractivity contribution in [2.24, 2.45) is 0 Å². The number of aliphatic carboxylic acids is 1. The SMILES string of the molecule is CC(C)(C)OC(=O)N1CC(F)(F)CC[C@H]1C(=O)O. The molecule has 5 nitrogen and oxygen atoms in total. The van der Waals surface area contributed by atoms with Crippen LogP contribution in [0.4, 0.5) is 13.6 Å². The third-order valence-corrected chi connectivity index (χ3v) is 2.47. The van der Waals surface area contributed by atoms with Gasteiger partial charge in [-0.25, -0.2) is 18.4 Å². The summed E-state index contributed by atoms with van der Waals surface area (Å²) < 4.78 is 31.4. The summed E-state index contributed by atoms with van der Waals surface area (Å²) in [7, 11) is 0. The van der Waals surface area contributed by atoms with E-state index in [2.05, 4.69) is 0 Å². The summed E-state index contributed by atoms with van der Waals surface area (Å²) in [4.78, 5) is 23.3. The Labute approximate surface area is 104 Å². The first-order valence-electron chi connectivity index (χ1n) is 5.62. The standard InChI is InChI=1S/C11H17F2NO4/c1-10(2,3)18-9(17)14-6-11(12,13)5-4-7(14)8(15)16/h7H,4-6H2,1-3H3,(H,15,16)/t7-/m0/s1. The molecule has 104 valence electrons. The van der Waals surface area contributed by atoms with Crippen LogP contribution in [0.2, 0.25) is 0 Å². The van der Waals surface area contributed by atoms with E-state index in [-0.39, 0.29) is 6.42 Å². The Morgan fingerprint density at radius 3 is 2.39 bits per heavy atom. The Hall–Kier alpha value is -1.40. The molecule has 18 heavy (non-hydrogen) atoms. The number of ether oxygens (including phenoxy) is 1. The lowest BCUT2D eigenvalue weighted by molar-refractivity contribution is -0.151. The zero-order valence-corrected chi connectivity index (χ0v) is 10.6. The highest BCUT2D eigenvalue weighted by Gasteiger charge is 2.46. The van der Waals surface area contributed by atoms with Crippen LogP contribution < -0.4 is 0 Å². The highest BCUT2D eigenvalue weighted by atomic mass is 19.3. The summed E-state index contributed by atoms with van der Waals surface area (Å²) in [6.07, 6.45) is -1.83. The number of likely N-dealkylation sites (tertiary alicyclic amines) is 1. The number of rotatable bonds is 1. The van der Waals surface area contributed by atoms with Crippen LogP contribution in [0.1, 0.15) is 33.6 Å². The minimum atomic E-state index is -3.07. The largest absolute Gasteiger partial charge is 0.480 e. The van der Waals surface area contributed by atoms with Gasteiger partial charge in [-0.15, -0.1) is 0 Å². The molecule has 1 aliphatic heterocycles. The number of piperidine rings is 1. The number of hydrogen-bond donors (Lipinski definition) is 1. The molecule has 1 N–H and O–H groups in total. The Bertz CT molecular complexity index is 351. The zero-order chi connectivity index (χ0) is 14.1. The molecule has 7 heteroatoms. The fourth-order valence-corrected chi connectivity index (χ4v) is 1.71. The van der Waals surface area contributed by atoms with Crippen molar-refractivity contribution in [3.63, 3.8) is 0 Å². The first kappa shape index (κ1) is 14.7. The van der Waals surface area contributed by atoms with Crippen molar-refractivity contribution in [2.75, 3.05) is 6.54 Å². The highest BCUT2D eigenvalue weighted by molar-refractivity contribution is 5.80. The van der Waals surface area contributed by atoms with Crippen LogP contribution in [0, 0.1) is 0 Å². The molecule has 1 rings (SSSR count). The molecule has 0 aromatic heterocycles. The average Bonchev–Trinajstić information content (AvgIpc) is 2.12. The van der Waals surface area contributed by atoms with Crippen molar-refractivity contribution in [3.05, 3.63) is 0 Å². The van der Waals surface area contributed by atoms with Gasteiger partial charge >= 0.3 is 12.1 Å². The molecule has 1 saturated heterocycles. The second-order valence-corrected chi connectivity index (χ2v) is 5.36. The lowest BCUT2D eigenvalue weighted by Crippen LogP contribution is -2.55. The van der Waals surface area contributed by atoms with Crippen molar-refractivity contribution in [1.82, 2.24) is 4.90 Å². The van der Waals surface area contributed by atoms with Crippen LogP contribution in [0.15, 0.2) is 0 Å². The van der Waals surface area contributed by atoms with Gasteiger partial charge in [0.2, 0.25) is 0 Å². The first-order valence-corrected chi connectivity index (χ1v) is 5.62. The molecule has 0 unspecified atom stereocenters. The fourth-order valence-electron chi connectivity index (χ4n) is 1.71. The van der Waals surface area contributed by atoms with E-state index in [1.165, 1.54) is 0 Å². The van der Waals surface area contributed by atoms with E-state index in [1.54, 1.807) is 20.8 Å². The van der Waals surface area contributed by atoms with Crippen molar-refractivity contribution in [3.8, 4) is 0 Å². The van der Waals surface area contributed by atoms with E-state index in [1.807, 2.05) is 0 Å². The van der Waals surface area contributed by atoms with Crippen LogP contribution >= 0.6 is 0 Å². The molecule has 0 saturated carbocycles. The molecule has 0 radical (unpaired) electrons. The third-order valence-electron chi connectivity index (χ3n) is 2.47. The maximum Gasteiger partial charge on any atom is 0.411 e. The van der Waals surface area contributed by atoms with Gasteiger partial charge in [0.1, 0.15) is 11.6 Å². The Balaban J connectivity index is 2.85. The van der Waals surface area contributed by atoms with Crippen LogP contribution in [-0.2, 0) is 9.53 Å². The van der Waals surface area contributed by atoms with E-state index in [9.17, 15) is 18.4 Å². The maximum absolute atomic E-state index is 13.2. The van der Waals surface area contributed by atoms with Gasteiger partial charge in [0.15, 0.2) is 0 Å². The lowest BCUT2D eigenvalue weighted by atomic mass is 10.00. The number of hydrogen-bond acceptors (Lipinski definition) is 3. The average molecular weight is 265 g/mol. The topological polar surface area (TPSA) is 66.8 Å². The van der Waals surface area contributed by atoms with Gasteiger partial charge in [-0.3, -0.25) is 4.90 Å². The van der Waals surface area contributed by atoms with Gasteiger partial charge in [0, 0.05) is 6.42 Å². The van der Waals surface area contributed by atoms with E-state index in [0.717, 1.165) is 0 Å². The first-order chi connectivity index (χ1) is 8.02. The van der Waals surface area contributed by atoms with Gasteiger partial charge in [-0.2, -0.15) is 0 Å². The molecule has 1 amide bonds. The maximum atomic E-state index is 13.2. The van der Waals surface area contributed by atoms with Gasteiger partial charge in [-0.1, -0.05) is 0 Å². The fraction of sp³-hybridized carbons (Fsp3) is 0.818. The Morgan fingerprint density at radius 2 is 1.94 bits per heavy atom. The van der Waals surface area contributed by atoms with Gasteiger partial charge in [-0.05, 0) is 27.2 Å². The minimum Gasteiger partial charge on any atom is -0.480 e. The van der Waals surface area contributed by atoms with E-state index < -0.39 is 42.6 Å². The molecule has 1 atom stereocenters. The summed E-state index contributed by atoms with van der Waals surface area (Å²) in [6.45, 7) is 3.84. The van der Waals surface area contributed by atoms with Gasteiger partial charge in [0.05, 0.1) is 6.54 Å². The molecule has 0 aromatic carbocycles. The number of alkyl halides is 2. The number of carbonyl (C=O) groups excluding carboxylic acids is 1. The number of carboxylic acid groups (broad SMARTS) is 1. The predicted molar refractivity (Wildman–Crippen MR) is 58.5 cm³/mol. The Morgan fingerprint density at radius 1 is 1.39 bits per heavy atom. The van der Waals surface area contributed by atoms with Crippen LogP contribution in [-0.4, -0.2) is 46.2 Å².